The van der Waals surface area contributed by atoms with Crippen molar-refractivity contribution in [2.45, 2.75) is 18.2 Å². The van der Waals surface area contributed by atoms with Crippen LogP contribution < -0.4 is 5.14 Å². The predicted octanol–water partition coefficient (Wildman–Crippen LogP) is 0.401. The number of hydrogen-bond acceptors (Lipinski definition) is 3. The van der Waals surface area contributed by atoms with Crippen LogP contribution in [0.25, 0.3) is 0 Å². The maximum atomic E-state index is 12.2. The lowest BCUT2D eigenvalue weighted by Crippen LogP contribution is -2.30. The van der Waals surface area contributed by atoms with Crippen LogP contribution in [0.2, 0.25) is 0 Å². The van der Waals surface area contributed by atoms with Gasteiger partial charge in [0.05, 0.1) is 0 Å². The van der Waals surface area contributed by atoms with E-state index < -0.39 is 10.0 Å². The predicted molar refractivity (Wildman–Crippen MR) is 71.0 cm³/mol. The molecule has 1 aliphatic rings. The molecule has 1 aromatic heterocycles. The van der Waals surface area contributed by atoms with Gasteiger partial charge >= 0.3 is 0 Å². The summed E-state index contributed by atoms with van der Waals surface area (Å²) >= 11 is 0. The van der Waals surface area contributed by atoms with E-state index in [1.54, 1.807) is 19.0 Å². The third kappa shape index (κ3) is 2.98. The number of nitrogens with zero attached hydrogens (tertiary/aromatic N) is 2. The van der Waals surface area contributed by atoms with E-state index >= 15 is 0 Å². The van der Waals surface area contributed by atoms with Crippen LogP contribution in [0.3, 0.4) is 0 Å². The number of carbonyl (C=O) groups excluding carboxylic acids is 1. The number of sulfonamides is 1. The topological polar surface area (TPSA) is 85.4 Å². The van der Waals surface area contributed by atoms with Gasteiger partial charge in [0.25, 0.3) is 5.91 Å². The van der Waals surface area contributed by atoms with Crippen molar-refractivity contribution in [2.75, 3.05) is 13.6 Å². The number of amides is 1. The molecule has 7 heteroatoms. The molecule has 2 atom stereocenters. The molecule has 1 saturated carbocycles. The molecule has 2 N–H and O–H groups in total. The minimum Gasteiger partial charge on any atom is -0.345 e. The van der Waals surface area contributed by atoms with Gasteiger partial charge in [-0.05, 0) is 24.3 Å². The highest BCUT2D eigenvalue weighted by Gasteiger charge is 2.34. The molecule has 0 spiro atoms. The Balaban J connectivity index is 2.17. The van der Waals surface area contributed by atoms with Crippen molar-refractivity contribution in [3.8, 4) is 0 Å². The molecule has 2 rings (SSSR count). The first-order valence-corrected chi connectivity index (χ1v) is 7.69. The van der Waals surface area contributed by atoms with Crippen LogP contribution in [-0.4, -0.2) is 37.4 Å². The molecule has 106 valence electrons. The number of hydrogen-bond donors (Lipinski definition) is 1. The van der Waals surface area contributed by atoms with Crippen LogP contribution in [0.1, 0.15) is 23.8 Å². The quantitative estimate of drug-likeness (QED) is 0.869. The van der Waals surface area contributed by atoms with Gasteiger partial charge in [-0.15, -0.1) is 0 Å². The molecule has 2 unspecified atom stereocenters. The summed E-state index contributed by atoms with van der Waals surface area (Å²) in [5.74, 6) is 1.05. The first-order chi connectivity index (χ1) is 8.70. The molecule has 0 aliphatic heterocycles. The molecule has 1 heterocycles. The second kappa shape index (κ2) is 4.64. The second-order valence-corrected chi connectivity index (χ2v) is 6.94. The van der Waals surface area contributed by atoms with Crippen molar-refractivity contribution in [2.24, 2.45) is 24.0 Å². The molecular formula is C12H19N3O3S. The smallest absolute Gasteiger partial charge is 0.270 e. The number of nitrogens with two attached hydrogens (primary N) is 1. The molecule has 1 aromatic rings. The summed E-state index contributed by atoms with van der Waals surface area (Å²) in [4.78, 5) is 13.8. The van der Waals surface area contributed by atoms with Crippen LogP contribution >= 0.6 is 0 Å². The summed E-state index contributed by atoms with van der Waals surface area (Å²) in [6.45, 7) is 2.86. The molecule has 0 aromatic carbocycles. The maximum Gasteiger partial charge on any atom is 0.270 e. The zero-order valence-corrected chi connectivity index (χ0v) is 12.1. The molecule has 0 saturated heterocycles. The van der Waals surface area contributed by atoms with Gasteiger partial charge in [-0.25, -0.2) is 13.6 Å². The largest absolute Gasteiger partial charge is 0.345 e. The normalized spacial score (nSPS) is 22.3. The Morgan fingerprint density at radius 1 is 1.58 bits per heavy atom. The van der Waals surface area contributed by atoms with Gasteiger partial charge in [0.15, 0.2) is 0 Å². The van der Waals surface area contributed by atoms with E-state index in [0.717, 1.165) is 6.42 Å². The van der Waals surface area contributed by atoms with Crippen molar-refractivity contribution in [1.29, 1.82) is 0 Å². The fourth-order valence-corrected chi connectivity index (χ4v) is 2.77. The Kier molecular flexibility index (Phi) is 3.44. The van der Waals surface area contributed by atoms with Crippen molar-refractivity contribution in [3.05, 3.63) is 18.0 Å². The lowest BCUT2D eigenvalue weighted by Gasteiger charge is -2.17. The van der Waals surface area contributed by atoms with Crippen LogP contribution in [0.5, 0.6) is 0 Å². The zero-order chi connectivity index (χ0) is 14.4. The fraction of sp³-hybridized carbons (Fsp3) is 0.583. The Labute approximate surface area is 113 Å². The molecular weight excluding hydrogens is 266 g/mol. The van der Waals surface area contributed by atoms with Gasteiger partial charge in [-0.3, -0.25) is 4.79 Å². The molecule has 0 bridgehead atoms. The van der Waals surface area contributed by atoms with Gasteiger partial charge in [-0.1, -0.05) is 6.92 Å². The SMILES string of the molecule is CC1CC1CN(C)C(=O)c1cc(S(N)(=O)=O)cn1C. The molecule has 0 radical (unpaired) electrons. The minimum atomic E-state index is -3.77. The monoisotopic (exact) mass is 285 g/mol. The van der Waals surface area contributed by atoms with Gasteiger partial charge < -0.3 is 9.47 Å². The van der Waals surface area contributed by atoms with Crippen molar-refractivity contribution < 1.29 is 13.2 Å². The maximum absolute atomic E-state index is 12.2. The van der Waals surface area contributed by atoms with Crippen LogP contribution in [0, 0.1) is 11.8 Å². The van der Waals surface area contributed by atoms with Gasteiger partial charge in [0, 0.05) is 26.8 Å². The highest BCUT2D eigenvalue weighted by Crippen LogP contribution is 2.38. The summed E-state index contributed by atoms with van der Waals surface area (Å²) in [7, 11) is -0.407. The molecule has 6 nitrogen and oxygen atoms in total. The van der Waals surface area contributed by atoms with Crippen molar-refractivity contribution in [3.63, 3.8) is 0 Å². The van der Waals surface area contributed by atoms with E-state index in [4.69, 9.17) is 5.14 Å². The van der Waals surface area contributed by atoms with E-state index in [-0.39, 0.29) is 10.8 Å². The van der Waals surface area contributed by atoms with E-state index in [9.17, 15) is 13.2 Å². The van der Waals surface area contributed by atoms with Gasteiger partial charge in [-0.2, -0.15) is 0 Å². The average Bonchev–Trinajstić information content (AvgIpc) is 2.82. The summed E-state index contributed by atoms with van der Waals surface area (Å²) in [6, 6.07) is 1.32. The minimum absolute atomic E-state index is 0.0356. The Morgan fingerprint density at radius 2 is 2.16 bits per heavy atom. The number of rotatable bonds is 4. The van der Waals surface area contributed by atoms with Crippen molar-refractivity contribution >= 4 is 15.9 Å². The molecule has 19 heavy (non-hydrogen) atoms. The summed E-state index contributed by atoms with van der Waals surface area (Å²) in [5.41, 5.74) is 0.333. The van der Waals surface area contributed by atoms with Gasteiger partial charge in [0.2, 0.25) is 10.0 Å². The summed E-state index contributed by atoms with van der Waals surface area (Å²) < 4.78 is 24.0. The number of carbonyl (C=O) groups is 1. The zero-order valence-electron chi connectivity index (χ0n) is 11.3. The Hall–Kier alpha value is -1.34. The third-order valence-corrected chi connectivity index (χ3v) is 4.54. The fourth-order valence-electron chi connectivity index (χ4n) is 2.19. The standard InChI is InChI=1S/C12H19N3O3S/c1-8-4-9(8)6-15(3)12(16)11-5-10(7-14(11)2)19(13,17)18/h5,7-9H,4,6H2,1-3H3,(H2,13,17,18). The Morgan fingerprint density at radius 3 is 2.58 bits per heavy atom. The third-order valence-electron chi connectivity index (χ3n) is 3.66. The summed E-state index contributed by atoms with van der Waals surface area (Å²) in [6.07, 6.45) is 2.50. The van der Waals surface area contributed by atoms with Crippen LogP contribution in [-0.2, 0) is 17.1 Å². The Bertz CT molecular complexity index is 606. The first kappa shape index (κ1) is 14.1. The first-order valence-electron chi connectivity index (χ1n) is 6.14. The van der Waals surface area contributed by atoms with Crippen LogP contribution in [0.4, 0.5) is 0 Å². The highest BCUT2D eigenvalue weighted by atomic mass is 32.2. The van der Waals surface area contributed by atoms with Crippen LogP contribution in [0.15, 0.2) is 17.2 Å². The molecule has 1 aliphatic carbocycles. The van der Waals surface area contributed by atoms with E-state index in [2.05, 4.69) is 6.92 Å². The van der Waals surface area contributed by atoms with E-state index in [1.807, 2.05) is 0 Å². The summed E-state index contributed by atoms with van der Waals surface area (Å²) in [5, 5.41) is 5.06. The van der Waals surface area contributed by atoms with Gasteiger partial charge in [0.1, 0.15) is 10.6 Å². The molecule has 1 amide bonds. The van der Waals surface area contributed by atoms with E-state index in [0.29, 0.717) is 24.1 Å². The number of aromatic nitrogens is 1. The lowest BCUT2D eigenvalue weighted by molar-refractivity contribution is 0.0777. The number of primary sulfonamides is 1. The van der Waals surface area contributed by atoms with Crippen molar-refractivity contribution in [1.82, 2.24) is 9.47 Å². The molecule has 1 fully saturated rings. The number of aryl methyl sites for hydroxylation is 1. The average molecular weight is 285 g/mol. The van der Waals surface area contributed by atoms with E-state index in [1.165, 1.54) is 16.8 Å². The highest BCUT2D eigenvalue weighted by molar-refractivity contribution is 7.89. The lowest BCUT2D eigenvalue weighted by atomic mass is 10.3. The second-order valence-electron chi connectivity index (χ2n) is 5.38.